The molecule has 0 amide bonds. The monoisotopic (exact) mass is 1260 g/mol. The van der Waals surface area contributed by atoms with Crippen molar-refractivity contribution in [2.45, 2.75) is 52.4 Å². The Kier molecular flexibility index (Phi) is 14.4. The highest BCUT2D eigenvalue weighted by Crippen LogP contribution is 2.49. The number of nitriles is 1. The molecule has 0 saturated heterocycles. The second kappa shape index (κ2) is 23.6. The van der Waals surface area contributed by atoms with Crippen molar-refractivity contribution in [3.05, 3.63) is 320 Å². The predicted molar refractivity (Wildman–Crippen MR) is 408 cm³/mol. The highest BCUT2D eigenvalue weighted by atomic mass is 15.2. The minimum atomic E-state index is -0.130. The molecule has 15 aromatic rings. The molecule has 0 bridgehead atoms. The molecule has 0 fully saturated rings. The third-order valence-electron chi connectivity index (χ3n) is 19.8. The minimum Gasteiger partial charge on any atom is -0.311 e. The van der Waals surface area contributed by atoms with Gasteiger partial charge in [-0.25, -0.2) is 15.0 Å². The molecule has 4 heterocycles. The van der Waals surface area contributed by atoms with Crippen LogP contribution in [0.5, 0.6) is 0 Å². The molecule has 7 nitrogen and oxygen atoms in total. The van der Waals surface area contributed by atoms with Gasteiger partial charge in [0.05, 0.1) is 28.4 Å². The molecular weight excluding hydrogens is 1190 g/mol. The quantitative estimate of drug-likeness (QED) is 0.127. The van der Waals surface area contributed by atoms with Crippen LogP contribution in [0, 0.1) is 11.3 Å². The SMILES string of the molecule is CC(C)(C)c1ccc2c(c1)N(c1ccc(-c3ccccc3)cc1)c1cc(-c3ccc4c(c3)c3cc(-c5ccccc5)ccc3n4-c3ccc(C#N)cc3-c3nc(-c4ccccc4)nc(-c4ccccc4)n3)cc3c1B2c1ccc(C(C)(C)C)cc1N3c1ccc(-c2ccccc2)cc1. The van der Waals surface area contributed by atoms with E-state index in [-0.39, 0.29) is 17.5 Å². The Morgan fingerprint density at radius 2 is 0.694 bits per heavy atom. The van der Waals surface area contributed by atoms with Crippen molar-refractivity contribution in [3.63, 3.8) is 0 Å². The van der Waals surface area contributed by atoms with Crippen LogP contribution in [0.25, 0.3) is 106 Å². The predicted octanol–water partition coefficient (Wildman–Crippen LogP) is 21.2. The van der Waals surface area contributed by atoms with Crippen LogP contribution in [0.15, 0.2) is 303 Å². The summed E-state index contributed by atoms with van der Waals surface area (Å²) < 4.78 is 2.34. The van der Waals surface area contributed by atoms with E-state index < -0.39 is 0 Å². The van der Waals surface area contributed by atoms with Crippen molar-refractivity contribution in [2.75, 3.05) is 9.80 Å². The van der Waals surface area contributed by atoms with Crippen LogP contribution in [-0.2, 0) is 10.8 Å². The van der Waals surface area contributed by atoms with Gasteiger partial charge in [-0.3, -0.25) is 0 Å². The molecule has 2 aromatic heterocycles. The van der Waals surface area contributed by atoms with E-state index in [9.17, 15) is 5.26 Å². The first kappa shape index (κ1) is 59.6. The molecular formula is C90H68BN7. The van der Waals surface area contributed by atoms with Crippen LogP contribution in [-0.4, -0.2) is 26.2 Å². The second-order valence-electron chi connectivity index (χ2n) is 28.0. The Morgan fingerprint density at radius 3 is 1.11 bits per heavy atom. The van der Waals surface area contributed by atoms with Crippen LogP contribution < -0.4 is 26.2 Å². The number of anilines is 6. The summed E-state index contributed by atoms with van der Waals surface area (Å²) in [6.07, 6.45) is 0. The summed E-state index contributed by atoms with van der Waals surface area (Å²) in [6.45, 7) is 13.8. The number of hydrogen-bond acceptors (Lipinski definition) is 6. The summed E-state index contributed by atoms with van der Waals surface area (Å²) in [5.41, 5.74) is 27.6. The average molecular weight is 1260 g/mol. The van der Waals surface area contributed by atoms with Gasteiger partial charge in [0.2, 0.25) is 0 Å². The van der Waals surface area contributed by atoms with Crippen molar-refractivity contribution in [2.24, 2.45) is 0 Å². The van der Waals surface area contributed by atoms with Gasteiger partial charge in [-0.05, 0) is 174 Å². The summed E-state index contributed by atoms with van der Waals surface area (Å²) in [5.74, 6) is 1.54. The molecule has 0 unspecified atom stereocenters. The van der Waals surface area contributed by atoms with Gasteiger partial charge >= 0.3 is 0 Å². The molecule has 0 radical (unpaired) electrons. The van der Waals surface area contributed by atoms with Gasteiger partial charge in [0.1, 0.15) is 0 Å². The number of nitrogens with zero attached hydrogens (tertiary/aromatic N) is 7. The molecule has 98 heavy (non-hydrogen) atoms. The first-order chi connectivity index (χ1) is 47.8. The maximum Gasteiger partial charge on any atom is 0.252 e. The van der Waals surface area contributed by atoms with Crippen molar-refractivity contribution in [1.29, 1.82) is 5.26 Å². The largest absolute Gasteiger partial charge is 0.311 e. The Balaban J connectivity index is 0.938. The van der Waals surface area contributed by atoms with Gasteiger partial charge in [0.15, 0.2) is 17.5 Å². The summed E-state index contributed by atoms with van der Waals surface area (Å²) in [5, 5.41) is 12.8. The highest BCUT2D eigenvalue weighted by molar-refractivity contribution is 7.00. The molecule has 466 valence electrons. The lowest BCUT2D eigenvalue weighted by Crippen LogP contribution is -2.61. The first-order valence-electron chi connectivity index (χ1n) is 33.7. The fourth-order valence-corrected chi connectivity index (χ4v) is 14.7. The van der Waals surface area contributed by atoms with Gasteiger partial charge in [-0.15, -0.1) is 0 Å². The zero-order valence-corrected chi connectivity index (χ0v) is 55.6. The fraction of sp³-hybridized carbons (Fsp3) is 0.0889. The van der Waals surface area contributed by atoms with Gasteiger partial charge in [0.25, 0.3) is 6.71 Å². The minimum absolute atomic E-state index is 0.0998. The third kappa shape index (κ3) is 10.4. The maximum absolute atomic E-state index is 10.7. The van der Waals surface area contributed by atoms with Gasteiger partial charge < -0.3 is 14.4 Å². The molecule has 8 heteroatoms. The Morgan fingerprint density at radius 1 is 0.316 bits per heavy atom. The van der Waals surface area contributed by atoms with E-state index >= 15 is 0 Å². The van der Waals surface area contributed by atoms with Crippen LogP contribution >= 0.6 is 0 Å². The van der Waals surface area contributed by atoms with Gasteiger partial charge in [-0.1, -0.05) is 254 Å². The van der Waals surface area contributed by atoms with Gasteiger partial charge in [-0.2, -0.15) is 5.26 Å². The number of fused-ring (bicyclic) bond motifs is 7. The van der Waals surface area contributed by atoms with Crippen LogP contribution in [0.2, 0.25) is 0 Å². The Bertz CT molecular complexity index is 5400. The summed E-state index contributed by atoms with van der Waals surface area (Å²) in [7, 11) is 0. The molecule has 17 rings (SSSR count). The highest BCUT2D eigenvalue weighted by Gasteiger charge is 2.44. The van der Waals surface area contributed by atoms with E-state index in [1.807, 2.05) is 72.8 Å². The van der Waals surface area contributed by atoms with E-state index in [1.165, 1.54) is 50.0 Å². The molecule has 13 aromatic carbocycles. The van der Waals surface area contributed by atoms with Crippen molar-refractivity contribution in [3.8, 4) is 90.4 Å². The van der Waals surface area contributed by atoms with Crippen molar-refractivity contribution >= 4 is 79.0 Å². The standard InChI is InChI=1S/C90H68BN7/c1-89(2,3)69-39-45-76-81(55-69)96(71-41-33-62(34-42-71)59-22-12-7-13-23-59)83-53-68(54-84-85(83)91(76)77-46-40-70(90(4,5)6)56-82(77)97(84)72-43-35-63(36-44-72)60-24-14-8-15-25-60)67-38-49-79-74(52-67)73-51-66(61-26-16-9-17-27-61)37-48-78(73)98(79)80-47-32-58(57-92)50-75(80)88-94-86(64-28-18-10-19-29-64)93-87(95-88)65-30-20-11-21-31-65/h7-56H,1-6H3. The molecule has 0 spiro atoms. The Hall–Kier alpha value is -12.2. The average Bonchev–Trinajstić information content (AvgIpc) is 1.01. The number of benzene rings is 13. The number of rotatable bonds is 10. The summed E-state index contributed by atoms with van der Waals surface area (Å²) in [4.78, 5) is 20.7. The second-order valence-corrected chi connectivity index (χ2v) is 28.0. The van der Waals surface area contributed by atoms with Crippen LogP contribution in [0.1, 0.15) is 58.2 Å². The normalized spacial score (nSPS) is 12.5. The summed E-state index contributed by atoms with van der Waals surface area (Å²) in [6, 6.07) is 112. The number of hydrogen-bond donors (Lipinski definition) is 0. The zero-order valence-electron chi connectivity index (χ0n) is 55.6. The molecule has 0 N–H and O–H groups in total. The van der Waals surface area contributed by atoms with E-state index in [2.05, 4.69) is 293 Å². The topological polar surface area (TPSA) is 73.9 Å². The van der Waals surface area contributed by atoms with Crippen LogP contribution in [0.4, 0.5) is 34.1 Å². The molecule has 2 aliphatic heterocycles. The smallest absolute Gasteiger partial charge is 0.252 e. The van der Waals surface area contributed by atoms with Crippen molar-refractivity contribution in [1.82, 2.24) is 19.5 Å². The lowest BCUT2D eigenvalue weighted by Gasteiger charge is -2.45. The molecule has 0 saturated carbocycles. The van der Waals surface area contributed by atoms with Crippen LogP contribution in [0.3, 0.4) is 0 Å². The van der Waals surface area contributed by atoms with E-state index in [0.717, 1.165) is 94.8 Å². The lowest BCUT2D eigenvalue weighted by molar-refractivity contribution is 0.590. The maximum atomic E-state index is 10.7. The molecule has 0 atom stereocenters. The zero-order chi connectivity index (χ0) is 66.4. The molecule has 0 aliphatic carbocycles. The van der Waals surface area contributed by atoms with Gasteiger partial charge in [0, 0.05) is 61.6 Å². The molecule has 2 aliphatic rings. The third-order valence-corrected chi connectivity index (χ3v) is 19.8. The van der Waals surface area contributed by atoms with E-state index in [1.54, 1.807) is 0 Å². The fourth-order valence-electron chi connectivity index (χ4n) is 14.7. The summed E-state index contributed by atoms with van der Waals surface area (Å²) >= 11 is 0. The first-order valence-corrected chi connectivity index (χ1v) is 33.7. The van der Waals surface area contributed by atoms with Crippen molar-refractivity contribution < 1.29 is 0 Å². The Labute approximate surface area is 573 Å². The lowest BCUT2D eigenvalue weighted by atomic mass is 9.33. The van der Waals surface area contributed by atoms with E-state index in [0.29, 0.717) is 28.6 Å². The number of aromatic nitrogens is 4. The van der Waals surface area contributed by atoms with E-state index in [4.69, 9.17) is 15.0 Å².